The Hall–Kier alpha value is -3.49. The van der Waals surface area contributed by atoms with Crippen molar-refractivity contribution >= 4 is 40.7 Å². The van der Waals surface area contributed by atoms with E-state index in [-0.39, 0.29) is 17.4 Å². The van der Waals surface area contributed by atoms with Gasteiger partial charge in [-0.2, -0.15) is 0 Å². The number of pyridine rings is 1. The van der Waals surface area contributed by atoms with Crippen molar-refractivity contribution in [3.63, 3.8) is 0 Å². The minimum atomic E-state index is -0.0486. The van der Waals surface area contributed by atoms with E-state index in [1.807, 2.05) is 35.8 Å². The van der Waals surface area contributed by atoms with Gasteiger partial charge in [-0.25, -0.2) is 0 Å². The van der Waals surface area contributed by atoms with Crippen molar-refractivity contribution in [1.29, 1.82) is 0 Å². The number of nitrogens with zero attached hydrogens (tertiary/aromatic N) is 4. The number of nitrogens with one attached hydrogen (secondary N) is 1. The first-order chi connectivity index (χ1) is 16.5. The third-order valence-corrected chi connectivity index (χ3v) is 6.14. The van der Waals surface area contributed by atoms with Crippen LogP contribution in [0.25, 0.3) is 17.1 Å². The summed E-state index contributed by atoms with van der Waals surface area (Å²) in [5.74, 6) is 0.743. The summed E-state index contributed by atoms with van der Waals surface area (Å²) in [5, 5.41) is 12.8. The smallest absolute Gasteiger partial charge is 0.224 e. The van der Waals surface area contributed by atoms with Gasteiger partial charge in [0, 0.05) is 46.3 Å². The third kappa shape index (κ3) is 5.70. The normalized spacial score (nSPS) is 10.8. The minimum absolute atomic E-state index is 0.0383. The van der Waals surface area contributed by atoms with Crippen molar-refractivity contribution in [3.05, 3.63) is 83.6 Å². The van der Waals surface area contributed by atoms with Gasteiger partial charge in [0.15, 0.2) is 16.8 Å². The Balaban J connectivity index is 1.53. The summed E-state index contributed by atoms with van der Waals surface area (Å²) in [6.07, 6.45) is 4.64. The van der Waals surface area contributed by atoms with E-state index in [0.717, 1.165) is 17.7 Å². The third-order valence-electron chi connectivity index (χ3n) is 4.96. The molecule has 0 aliphatic carbocycles. The van der Waals surface area contributed by atoms with Crippen LogP contribution in [-0.4, -0.2) is 37.2 Å². The average Bonchev–Trinajstić information content (AvgIpc) is 3.28. The number of Topliss-reactive ketones (excluding diaryl/α,β-unsaturated/α-hetero) is 1. The van der Waals surface area contributed by atoms with E-state index in [4.69, 9.17) is 11.6 Å². The lowest BCUT2D eigenvalue weighted by atomic mass is 10.1. The highest BCUT2D eigenvalue weighted by atomic mass is 35.5. The number of hydrogen-bond donors (Lipinski definition) is 1. The maximum atomic E-state index is 12.8. The molecule has 1 amide bonds. The number of rotatable bonds is 9. The van der Waals surface area contributed by atoms with Crippen LogP contribution < -0.4 is 5.32 Å². The fraction of sp³-hybridized carbons (Fsp3) is 0.160. The lowest BCUT2D eigenvalue weighted by Gasteiger charge is -2.10. The second kappa shape index (κ2) is 11.1. The van der Waals surface area contributed by atoms with Crippen molar-refractivity contribution < 1.29 is 9.59 Å². The largest absolute Gasteiger partial charge is 0.326 e. The molecule has 2 aromatic carbocycles. The molecule has 0 atom stereocenters. The van der Waals surface area contributed by atoms with E-state index < -0.39 is 0 Å². The van der Waals surface area contributed by atoms with Gasteiger partial charge in [-0.1, -0.05) is 30.3 Å². The molecule has 4 rings (SSSR count). The zero-order valence-electron chi connectivity index (χ0n) is 18.4. The first-order valence-electron chi connectivity index (χ1n) is 10.7. The van der Waals surface area contributed by atoms with Crippen LogP contribution in [0.5, 0.6) is 0 Å². The first-order valence-corrected chi connectivity index (χ1v) is 12.1. The molecule has 7 nitrogen and oxygen atoms in total. The number of amides is 1. The molecule has 4 aromatic rings. The van der Waals surface area contributed by atoms with Gasteiger partial charge in [0.1, 0.15) is 0 Å². The van der Waals surface area contributed by atoms with Gasteiger partial charge in [0.05, 0.1) is 5.75 Å². The molecule has 1 N–H and O–H groups in total. The van der Waals surface area contributed by atoms with Gasteiger partial charge in [-0.3, -0.25) is 19.1 Å². The number of halogens is 1. The minimum Gasteiger partial charge on any atom is -0.326 e. The fourth-order valence-electron chi connectivity index (χ4n) is 3.28. The zero-order valence-corrected chi connectivity index (χ0v) is 20.0. The van der Waals surface area contributed by atoms with E-state index in [1.54, 1.807) is 48.8 Å². The van der Waals surface area contributed by atoms with Crippen LogP contribution in [0.3, 0.4) is 0 Å². The van der Waals surface area contributed by atoms with Crippen LogP contribution >= 0.6 is 23.4 Å². The Morgan fingerprint density at radius 1 is 0.971 bits per heavy atom. The summed E-state index contributed by atoms with van der Waals surface area (Å²) >= 11 is 7.38. The molecule has 0 saturated heterocycles. The number of aromatic nitrogens is 4. The van der Waals surface area contributed by atoms with Crippen molar-refractivity contribution in [3.8, 4) is 17.1 Å². The van der Waals surface area contributed by atoms with Gasteiger partial charge < -0.3 is 5.32 Å². The Morgan fingerprint density at radius 3 is 2.35 bits per heavy atom. The number of thioether (sulfide) groups is 1. The summed E-state index contributed by atoms with van der Waals surface area (Å²) in [6, 6.07) is 18.0. The topological polar surface area (TPSA) is 89.8 Å². The van der Waals surface area contributed by atoms with Crippen molar-refractivity contribution in [2.24, 2.45) is 0 Å². The van der Waals surface area contributed by atoms with Crippen LogP contribution in [0.15, 0.2) is 78.2 Å². The van der Waals surface area contributed by atoms with Gasteiger partial charge in [-0.15, -0.1) is 10.2 Å². The predicted molar refractivity (Wildman–Crippen MR) is 135 cm³/mol. The molecule has 172 valence electrons. The molecule has 0 fully saturated rings. The number of ketones is 1. The van der Waals surface area contributed by atoms with E-state index in [0.29, 0.717) is 33.7 Å². The number of carbonyl (C=O) groups is 2. The van der Waals surface area contributed by atoms with Gasteiger partial charge in [0.25, 0.3) is 0 Å². The van der Waals surface area contributed by atoms with Gasteiger partial charge in [-0.05, 0) is 67.1 Å². The molecular weight excluding hydrogens is 470 g/mol. The number of anilines is 1. The quantitative estimate of drug-likeness (QED) is 0.239. The summed E-state index contributed by atoms with van der Waals surface area (Å²) in [7, 11) is 0. The lowest BCUT2D eigenvalue weighted by molar-refractivity contribution is -0.116. The maximum Gasteiger partial charge on any atom is 0.224 e. The van der Waals surface area contributed by atoms with Crippen molar-refractivity contribution in [2.75, 3.05) is 11.1 Å². The molecule has 2 heterocycles. The molecule has 9 heteroatoms. The number of carbonyl (C=O) groups excluding carboxylic acids is 2. The fourth-order valence-corrected chi connectivity index (χ4v) is 4.25. The van der Waals surface area contributed by atoms with Crippen LogP contribution in [0, 0.1) is 0 Å². The van der Waals surface area contributed by atoms with Crippen LogP contribution in [0.2, 0.25) is 5.02 Å². The SMILES string of the molecule is CCCC(=O)Nc1ccc(C(=O)CSc2nnc(-c3ccncc3)n2-c2ccc(Cl)cc2)cc1. The molecule has 0 aliphatic rings. The standard InChI is InChI=1S/C25H22ClN5O2S/c1-2-3-23(33)28-20-8-4-17(5-9-20)22(32)16-34-25-30-29-24(18-12-14-27-15-13-18)31(25)21-10-6-19(26)7-11-21/h4-15H,2-3,16H2,1H3,(H,28,33). The second-order valence-electron chi connectivity index (χ2n) is 7.44. The maximum absolute atomic E-state index is 12.8. The Labute approximate surface area is 206 Å². The Kier molecular flexibility index (Phi) is 7.72. The van der Waals surface area contributed by atoms with Crippen LogP contribution in [0.1, 0.15) is 30.1 Å². The highest BCUT2D eigenvalue weighted by Gasteiger charge is 2.18. The van der Waals surface area contributed by atoms with E-state index in [1.165, 1.54) is 11.8 Å². The summed E-state index contributed by atoms with van der Waals surface area (Å²) < 4.78 is 1.90. The predicted octanol–water partition coefficient (Wildman–Crippen LogP) is 5.70. The second-order valence-corrected chi connectivity index (χ2v) is 8.82. The molecular formula is C25H22ClN5O2S. The Morgan fingerprint density at radius 2 is 1.68 bits per heavy atom. The number of benzene rings is 2. The van der Waals surface area contributed by atoms with Crippen LogP contribution in [0.4, 0.5) is 5.69 Å². The Bertz CT molecular complexity index is 1280. The molecule has 0 saturated carbocycles. The van der Waals surface area contributed by atoms with Crippen molar-refractivity contribution in [1.82, 2.24) is 19.7 Å². The summed E-state index contributed by atoms with van der Waals surface area (Å²) in [5.41, 5.74) is 2.93. The highest BCUT2D eigenvalue weighted by Crippen LogP contribution is 2.29. The van der Waals surface area contributed by atoms with Crippen LogP contribution in [-0.2, 0) is 4.79 Å². The molecule has 0 aliphatic heterocycles. The average molecular weight is 492 g/mol. The van der Waals surface area contributed by atoms with E-state index in [9.17, 15) is 9.59 Å². The summed E-state index contributed by atoms with van der Waals surface area (Å²) in [4.78, 5) is 28.7. The molecule has 0 spiro atoms. The number of hydrogen-bond acceptors (Lipinski definition) is 6. The molecule has 34 heavy (non-hydrogen) atoms. The summed E-state index contributed by atoms with van der Waals surface area (Å²) in [6.45, 7) is 1.95. The van der Waals surface area contributed by atoms with Gasteiger partial charge in [0.2, 0.25) is 5.91 Å². The van der Waals surface area contributed by atoms with Crippen molar-refractivity contribution in [2.45, 2.75) is 24.9 Å². The van der Waals surface area contributed by atoms with E-state index in [2.05, 4.69) is 20.5 Å². The van der Waals surface area contributed by atoms with Gasteiger partial charge >= 0.3 is 0 Å². The zero-order chi connectivity index (χ0) is 23.9. The van der Waals surface area contributed by atoms with E-state index >= 15 is 0 Å². The molecule has 0 bridgehead atoms. The molecule has 0 unspecified atom stereocenters. The monoisotopic (exact) mass is 491 g/mol. The molecule has 0 radical (unpaired) electrons. The highest BCUT2D eigenvalue weighted by molar-refractivity contribution is 7.99. The molecule has 2 aromatic heterocycles. The first kappa shape index (κ1) is 23.7. The lowest BCUT2D eigenvalue weighted by Crippen LogP contribution is -2.11.